The molecular formula is C14H20BrN3OSSi. The molecule has 2 aromatic rings. The third kappa shape index (κ3) is 5.94. The number of aromatic nitrogens is 3. The monoisotopic (exact) mass is 385 g/mol. The minimum absolute atomic E-state index is 0.443. The molecule has 114 valence electrons. The molecule has 0 aliphatic carbocycles. The number of rotatable bonds is 7. The Kier molecular flexibility index (Phi) is 6.04. The van der Waals surface area contributed by atoms with Crippen molar-refractivity contribution in [3.8, 4) is 0 Å². The van der Waals surface area contributed by atoms with Gasteiger partial charge >= 0.3 is 0 Å². The lowest BCUT2D eigenvalue weighted by Gasteiger charge is -2.15. The standard InChI is InChI=1S/C14H20BrN3OSSi/c1-21(2,3)10-9-19-11-18-14(16-13(15)17-18)20-12-7-5-4-6-8-12/h4-8H,9-11H2,1-3H3. The molecule has 0 fully saturated rings. The van der Waals surface area contributed by atoms with E-state index >= 15 is 0 Å². The minimum atomic E-state index is -1.05. The van der Waals surface area contributed by atoms with Crippen LogP contribution in [0, 0.1) is 0 Å². The van der Waals surface area contributed by atoms with Gasteiger partial charge < -0.3 is 4.74 Å². The van der Waals surface area contributed by atoms with Gasteiger partial charge in [-0.05, 0) is 34.1 Å². The Bertz CT molecular complexity index is 571. The lowest BCUT2D eigenvalue weighted by atomic mass is 10.4. The van der Waals surface area contributed by atoms with E-state index in [0.29, 0.717) is 11.5 Å². The molecule has 0 bridgehead atoms. The van der Waals surface area contributed by atoms with Crippen molar-refractivity contribution < 1.29 is 4.74 Å². The Hall–Kier alpha value is -0.633. The molecule has 21 heavy (non-hydrogen) atoms. The molecule has 0 aliphatic rings. The van der Waals surface area contributed by atoms with Crippen LogP contribution in [0.25, 0.3) is 0 Å². The molecule has 0 saturated carbocycles. The highest BCUT2D eigenvalue weighted by Gasteiger charge is 2.13. The van der Waals surface area contributed by atoms with E-state index in [1.54, 1.807) is 16.4 Å². The summed E-state index contributed by atoms with van der Waals surface area (Å²) in [6.07, 6.45) is 0. The number of nitrogens with zero attached hydrogens (tertiary/aromatic N) is 3. The van der Waals surface area contributed by atoms with Crippen LogP contribution < -0.4 is 0 Å². The maximum Gasteiger partial charge on any atom is 0.218 e. The van der Waals surface area contributed by atoms with E-state index < -0.39 is 8.07 Å². The van der Waals surface area contributed by atoms with Gasteiger partial charge in [0.2, 0.25) is 4.73 Å². The molecule has 7 heteroatoms. The van der Waals surface area contributed by atoms with Crippen LogP contribution in [0.4, 0.5) is 0 Å². The number of ether oxygens (including phenoxy) is 1. The molecule has 1 heterocycles. The molecule has 0 saturated heterocycles. The molecule has 4 nitrogen and oxygen atoms in total. The van der Waals surface area contributed by atoms with Crippen LogP contribution in [0.5, 0.6) is 0 Å². The van der Waals surface area contributed by atoms with Crippen LogP contribution >= 0.6 is 27.7 Å². The summed E-state index contributed by atoms with van der Waals surface area (Å²) in [7, 11) is -1.05. The van der Waals surface area contributed by atoms with Gasteiger partial charge in [-0.3, -0.25) is 0 Å². The highest BCUT2D eigenvalue weighted by atomic mass is 79.9. The van der Waals surface area contributed by atoms with Crippen molar-refractivity contribution in [3.63, 3.8) is 0 Å². The van der Waals surface area contributed by atoms with Gasteiger partial charge in [-0.15, -0.1) is 5.10 Å². The zero-order valence-electron chi connectivity index (χ0n) is 12.5. The maximum absolute atomic E-state index is 5.75. The fourth-order valence-electron chi connectivity index (χ4n) is 1.58. The van der Waals surface area contributed by atoms with Crippen molar-refractivity contribution in [1.29, 1.82) is 0 Å². The van der Waals surface area contributed by atoms with Crippen LogP contribution in [0.15, 0.2) is 45.1 Å². The summed E-state index contributed by atoms with van der Waals surface area (Å²) in [6, 6.07) is 11.3. The van der Waals surface area contributed by atoms with Gasteiger partial charge in [-0.25, -0.2) is 4.68 Å². The van der Waals surface area contributed by atoms with E-state index in [4.69, 9.17) is 4.74 Å². The van der Waals surface area contributed by atoms with E-state index in [1.165, 1.54) is 0 Å². The Morgan fingerprint density at radius 2 is 1.95 bits per heavy atom. The first-order valence-electron chi connectivity index (χ1n) is 6.85. The summed E-state index contributed by atoms with van der Waals surface area (Å²) in [4.78, 5) is 5.53. The average molecular weight is 386 g/mol. The summed E-state index contributed by atoms with van der Waals surface area (Å²) in [6.45, 7) is 8.26. The van der Waals surface area contributed by atoms with Crippen LogP contribution in [0.3, 0.4) is 0 Å². The zero-order valence-corrected chi connectivity index (χ0v) is 15.9. The van der Waals surface area contributed by atoms with Crippen LogP contribution in [0.1, 0.15) is 0 Å². The summed E-state index contributed by atoms with van der Waals surface area (Å²) >= 11 is 4.92. The van der Waals surface area contributed by atoms with Gasteiger partial charge in [0, 0.05) is 19.6 Å². The molecule has 0 spiro atoms. The fourth-order valence-corrected chi connectivity index (χ4v) is 3.65. The smallest absolute Gasteiger partial charge is 0.218 e. The number of hydrogen-bond acceptors (Lipinski definition) is 4. The Balaban J connectivity index is 1.94. The summed E-state index contributed by atoms with van der Waals surface area (Å²) in [5.74, 6) is 0. The van der Waals surface area contributed by atoms with Crippen molar-refractivity contribution in [1.82, 2.24) is 14.8 Å². The van der Waals surface area contributed by atoms with Crippen LogP contribution in [-0.4, -0.2) is 29.4 Å². The first-order chi connectivity index (χ1) is 9.94. The summed E-state index contributed by atoms with van der Waals surface area (Å²) in [5.41, 5.74) is 0. The van der Waals surface area contributed by atoms with Gasteiger partial charge in [0.05, 0.1) is 0 Å². The predicted octanol–water partition coefficient (Wildman–Crippen LogP) is 4.50. The number of hydrogen-bond donors (Lipinski definition) is 0. The van der Waals surface area contributed by atoms with Crippen molar-refractivity contribution >= 4 is 35.8 Å². The lowest BCUT2D eigenvalue weighted by Crippen LogP contribution is -2.22. The Morgan fingerprint density at radius 1 is 1.24 bits per heavy atom. The van der Waals surface area contributed by atoms with Crippen molar-refractivity contribution in [2.45, 2.75) is 42.5 Å². The van der Waals surface area contributed by atoms with Crippen molar-refractivity contribution in [2.75, 3.05) is 6.61 Å². The van der Waals surface area contributed by atoms with Gasteiger partial charge in [0.25, 0.3) is 0 Å². The third-order valence-electron chi connectivity index (χ3n) is 2.77. The molecule has 0 unspecified atom stereocenters. The molecule has 1 aromatic carbocycles. The zero-order chi connectivity index (χ0) is 15.3. The second kappa shape index (κ2) is 7.58. The second-order valence-corrected chi connectivity index (χ2v) is 13.3. The van der Waals surface area contributed by atoms with Crippen molar-refractivity contribution in [2.24, 2.45) is 0 Å². The first-order valence-corrected chi connectivity index (χ1v) is 12.2. The number of halogens is 1. The molecule has 2 rings (SSSR count). The molecule has 0 N–H and O–H groups in total. The van der Waals surface area contributed by atoms with E-state index in [0.717, 1.165) is 22.7 Å². The van der Waals surface area contributed by atoms with E-state index in [-0.39, 0.29) is 0 Å². The van der Waals surface area contributed by atoms with E-state index in [9.17, 15) is 0 Å². The maximum atomic E-state index is 5.75. The van der Waals surface area contributed by atoms with Crippen LogP contribution in [-0.2, 0) is 11.5 Å². The topological polar surface area (TPSA) is 39.9 Å². The van der Waals surface area contributed by atoms with Gasteiger partial charge in [0.15, 0.2) is 5.16 Å². The Morgan fingerprint density at radius 3 is 2.62 bits per heavy atom. The molecule has 0 amide bonds. The first kappa shape index (κ1) is 16.7. The van der Waals surface area contributed by atoms with E-state index in [1.807, 2.05) is 18.2 Å². The third-order valence-corrected chi connectivity index (χ3v) is 5.81. The van der Waals surface area contributed by atoms with Gasteiger partial charge in [0.1, 0.15) is 6.73 Å². The molecule has 0 aliphatic heterocycles. The van der Waals surface area contributed by atoms with Gasteiger partial charge in [-0.1, -0.05) is 49.6 Å². The SMILES string of the molecule is C[Si](C)(C)CCOCn1nc(Br)nc1Sc1ccccc1. The van der Waals surface area contributed by atoms with Gasteiger partial charge in [-0.2, -0.15) is 4.98 Å². The summed E-state index contributed by atoms with van der Waals surface area (Å²) < 4.78 is 8.14. The van der Waals surface area contributed by atoms with Crippen LogP contribution in [0.2, 0.25) is 25.7 Å². The molecule has 1 aromatic heterocycles. The highest BCUT2D eigenvalue weighted by molar-refractivity contribution is 9.10. The fraction of sp³-hybridized carbons (Fsp3) is 0.429. The summed E-state index contributed by atoms with van der Waals surface area (Å²) in [5, 5.41) is 5.16. The number of benzene rings is 1. The predicted molar refractivity (Wildman–Crippen MR) is 92.4 cm³/mol. The molecule has 0 atom stereocenters. The van der Waals surface area contributed by atoms with Crippen molar-refractivity contribution in [3.05, 3.63) is 35.1 Å². The average Bonchev–Trinajstić information content (AvgIpc) is 2.75. The van der Waals surface area contributed by atoms with E-state index in [2.05, 4.69) is 57.8 Å². The molecular weight excluding hydrogens is 366 g/mol. The molecule has 0 radical (unpaired) electrons. The largest absolute Gasteiger partial charge is 0.359 e. The lowest BCUT2D eigenvalue weighted by molar-refractivity contribution is 0.0718. The second-order valence-electron chi connectivity index (χ2n) is 5.93. The normalized spacial score (nSPS) is 11.8. The quantitative estimate of drug-likeness (QED) is 0.519. The Labute approximate surface area is 139 Å². The minimum Gasteiger partial charge on any atom is -0.359 e. The highest BCUT2D eigenvalue weighted by Crippen LogP contribution is 2.26.